The molecule has 3 rings (SSSR count). The van der Waals surface area contributed by atoms with Crippen LogP contribution in [0.5, 0.6) is 23.0 Å². The second-order valence-corrected chi connectivity index (χ2v) is 9.36. The quantitative estimate of drug-likeness (QED) is 0.499. The minimum absolute atomic E-state index is 0.202. The second-order valence-electron chi connectivity index (χ2n) is 7.43. The van der Waals surface area contributed by atoms with Crippen LogP contribution < -0.4 is 18.9 Å². The molecule has 1 aliphatic rings. The van der Waals surface area contributed by atoms with Crippen LogP contribution in [0.3, 0.4) is 0 Å². The second kappa shape index (κ2) is 11.3. The molecule has 2 aromatic carbocycles. The van der Waals surface area contributed by atoms with Gasteiger partial charge in [0.25, 0.3) is 0 Å². The highest BCUT2D eigenvalue weighted by atomic mass is 32.2. The lowest BCUT2D eigenvalue weighted by Gasteiger charge is -2.33. The maximum Gasteiger partial charge on any atom is 0.246 e. The van der Waals surface area contributed by atoms with Crippen LogP contribution >= 0.6 is 0 Å². The summed E-state index contributed by atoms with van der Waals surface area (Å²) in [7, 11) is 0.934. The molecule has 1 fully saturated rings. The van der Waals surface area contributed by atoms with Crippen LogP contribution in [0.1, 0.15) is 12.5 Å². The minimum Gasteiger partial charge on any atom is -0.494 e. The summed E-state index contributed by atoms with van der Waals surface area (Å²) in [5.41, 5.74) is 0.708. The van der Waals surface area contributed by atoms with Crippen molar-refractivity contribution >= 4 is 22.0 Å². The number of sulfonamides is 1. The molecule has 0 aliphatic carbocycles. The highest BCUT2D eigenvalue weighted by Gasteiger charge is 2.29. The van der Waals surface area contributed by atoms with E-state index >= 15 is 0 Å². The predicted octanol–water partition coefficient (Wildman–Crippen LogP) is 2.66. The average Bonchev–Trinajstić information content (AvgIpc) is 2.87. The van der Waals surface area contributed by atoms with E-state index in [-0.39, 0.29) is 23.9 Å². The standard InChI is InChI=1S/C24H30N2O7S/c1-5-33-19-7-9-20(10-8-19)34(28,29)26-14-12-25(13-15-26)23(27)11-6-18-16-21(30-2)24(32-4)22(17-18)31-3/h6-11,16-17H,5,12-15H2,1-4H3/b11-6+. The number of piperazine rings is 1. The molecule has 0 unspecified atom stereocenters. The SMILES string of the molecule is CCOc1ccc(S(=O)(=O)N2CCN(C(=O)/C=C/c3cc(OC)c(OC)c(OC)c3)CC2)cc1. The molecule has 0 radical (unpaired) electrons. The van der Waals surface area contributed by atoms with Gasteiger partial charge in [-0.05, 0) is 55.0 Å². The Labute approximate surface area is 200 Å². The fraction of sp³-hybridized carbons (Fsp3) is 0.375. The van der Waals surface area contributed by atoms with E-state index in [9.17, 15) is 13.2 Å². The van der Waals surface area contributed by atoms with E-state index in [2.05, 4.69) is 0 Å². The van der Waals surface area contributed by atoms with Gasteiger partial charge >= 0.3 is 0 Å². The summed E-state index contributed by atoms with van der Waals surface area (Å²) in [5, 5.41) is 0. The number of ether oxygens (including phenoxy) is 4. The van der Waals surface area contributed by atoms with Crippen LogP contribution in [-0.4, -0.2) is 77.6 Å². The van der Waals surface area contributed by atoms with Crippen molar-refractivity contribution in [2.75, 3.05) is 54.1 Å². The molecule has 34 heavy (non-hydrogen) atoms. The van der Waals surface area contributed by atoms with E-state index in [1.165, 1.54) is 43.8 Å². The molecule has 0 N–H and O–H groups in total. The van der Waals surface area contributed by atoms with Crippen LogP contribution in [0.25, 0.3) is 6.08 Å². The van der Waals surface area contributed by atoms with Crippen molar-refractivity contribution in [2.24, 2.45) is 0 Å². The molecule has 0 atom stereocenters. The summed E-state index contributed by atoms with van der Waals surface area (Å²) in [6, 6.07) is 9.85. The fourth-order valence-electron chi connectivity index (χ4n) is 3.64. The van der Waals surface area contributed by atoms with Crippen LogP contribution in [0, 0.1) is 0 Å². The zero-order valence-corrected chi connectivity index (χ0v) is 20.6. The Morgan fingerprint density at radius 2 is 1.53 bits per heavy atom. The Morgan fingerprint density at radius 3 is 2.03 bits per heavy atom. The van der Waals surface area contributed by atoms with Gasteiger partial charge in [0.05, 0.1) is 32.8 Å². The molecular formula is C24H30N2O7S. The van der Waals surface area contributed by atoms with Gasteiger partial charge in [-0.3, -0.25) is 4.79 Å². The van der Waals surface area contributed by atoms with Crippen molar-refractivity contribution in [3.05, 3.63) is 48.0 Å². The van der Waals surface area contributed by atoms with Crippen LogP contribution in [0.4, 0.5) is 0 Å². The van der Waals surface area contributed by atoms with Crippen molar-refractivity contribution in [3.8, 4) is 23.0 Å². The largest absolute Gasteiger partial charge is 0.494 e. The Kier molecular flexibility index (Phi) is 8.41. The van der Waals surface area contributed by atoms with Gasteiger partial charge in [0.15, 0.2) is 11.5 Å². The highest BCUT2D eigenvalue weighted by Crippen LogP contribution is 2.38. The number of carbonyl (C=O) groups is 1. The maximum absolute atomic E-state index is 13.0. The van der Waals surface area contributed by atoms with E-state index in [1.54, 1.807) is 35.2 Å². The van der Waals surface area contributed by atoms with E-state index < -0.39 is 10.0 Å². The molecule has 0 bridgehead atoms. The first-order chi connectivity index (χ1) is 16.3. The number of amides is 1. The van der Waals surface area contributed by atoms with Gasteiger partial charge in [-0.15, -0.1) is 0 Å². The monoisotopic (exact) mass is 490 g/mol. The summed E-state index contributed by atoms with van der Waals surface area (Å²) < 4.78 is 48.7. The zero-order valence-electron chi connectivity index (χ0n) is 19.8. The number of benzene rings is 2. The molecule has 9 nitrogen and oxygen atoms in total. The first-order valence-corrected chi connectivity index (χ1v) is 12.3. The lowest BCUT2D eigenvalue weighted by atomic mass is 10.1. The molecule has 1 heterocycles. The van der Waals surface area contributed by atoms with E-state index in [1.807, 2.05) is 6.92 Å². The smallest absolute Gasteiger partial charge is 0.246 e. The van der Waals surface area contributed by atoms with Gasteiger partial charge in [-0.2, -0.15) is 4.31 Å². The predicted molar refractivity (Wildman–Crippen MR) is 128 cm³/mol. The molecule has 184 valence electrons. The third-order valence-electron chi connectivity index (χ3n) is 5.43. The van der Waals surface area contributed by atoms with Gasteiger partial charge in [0.1, 0.15) is 5.75 Å². The molecule has 1 saturated heterocycles. The van der Waals surface area contributed by atoms with Crippen molar-refractivity contribution < 1.29 is 32.2 Å². The number of hydrogen-bond acceptors (Lipinski definition) is 7. The zero-order chi connectivity index (χ0) is 24.7. The van der Waals surface area contributed by atoms with Crippen molar-refractivity contribution in [3.63, 3.8) is 0 Å². The molecule has 10 heteroatoms. The third kappa shape index (κ3) is 5.63. The number of rotatable bonds is 9. The Morgan fingerprint density at radius 1 is 0.941 bits per heavy atom. The van der Waals surface area contributed by atoms with Gasteiger partial charge in [0.2, 0.25) is 21.7 Å². The lowest BCUT2D eigenvalue weighted by molar-refractivity contribution is -0.127. The Hall–Kier alpha value is -3.24. The molecule has 0 spiro atoms. The fourth-order valence-corrected chi connectivity index (χ4v) is 5.07. The molecule has 1 amide bonds. The highest BCUT2D eigenvalue weighted by molar-refractivity contribution is 7.89. The number of methoxy groups -OCH3 is 3. The molecule has 1 aliphatic heterocycles. The lowest BCUT2D eigenvalue weighted by Crippen LogP contribution is -2.50. The van der Waals surface area contributed by atoms with Gasteiger partial charge in [-0.1, -0.05) is 0 Å². The van der Waals surface area contributed by atoms with Gasteiger partial charge < -0.3 is 23.8 Å². The summed E-state index contributed by atoms with van der Waals surface area (Å²) in [6.07, 6.45) is 3.12. The average molecular weight is 491 g/mol. The van der Waals surface area contributed by atoms with Crippen LogP contribution in [0.2, 0.25) is 0 Å². The van der Waals surface area contributed by atoms with Crippen LogP contribution in [0.15, 0.2) is 47.4 Å². The molecule has 0 aromatic heterocycles. The van der Waals surface area contributed by atoms with Crippen molar-refractivity contribution in [2.45, 2.75) is 11.8 Å². The molecular weight excluding hydrogens is 460 g/mol. The number of carbonyl (C=O) groups excluding carboxylic acids is 1. The van der Waals surface area contributed by atoms with E-state index in [4.69, 9.17) is 18.9 Å². The normalized spacial score (nSPS) is 14.8. The summed E-state index contributed by atoms with van der Waals surface area (Å²) in [6.45, 7) is 3.42. The first kappa shape index (κ1) is 25.4. The van der Waals surface area contributed by atoms with E-state index in [0.29, 0.717) is 48.3 Å². The van der Waals surface area contributed by atoms with Crippen molar-refractivity contribution in [1.82, 2.24) is 9.21 Å². The topological polar surface area (TPSA) is 94.6 Å². The van der Waals surface area contributed by atoms with Crippen molar-refractivity contribution in [1.29, 1.82) is 0 Å². The summed E-state index contributed by atoms with van der Waals surface area (Å²) in [4.78, 5) is 14.5. The summed E-state index contributed by atoms with van der Waals surface area (Å²) >= 11 is 0. The molecule has 2 aromatic rings. The first-order valence-electron chi connectivity index (χ1n) is 10.8. The molecule has 0 saturated carbocycles. The minimum atomic E-state index is -3.64. The number of hydrogen-bond donors (Lipinski definition) is 0. The van der Waals surface area contributed by atoms with E-state index in [0.717, 1.165) is 0 Å². The summed E-state index contributed by atoms with van der Waals surface area (Å²) in [5.74, 6) is 1.87. The number of nitrogens with zero attached hydrogens (tertiary/aromatic N) is 2. The van der Waals surface area contributed by atoms with Gasteiger partial charge in [-0.25, -0.2) is 8.42 Å². The van der Waals surface area contributed by atoms with Gasteiger partial charge in [0, 0.05) is 32.3 Å². The third-order valence-corrected chi connectivity index (χ3v) is 7.34. The Balaban J connectivity index is 1.64. The maximum atomic E-state index is 13.0. The van der Waals surface area contributed by atoms with Crippen LogP contribution in [-0.2, 0) is 14.8 Å². The Bertz CT molecular complexity index is 1100.